The standard InChI is InChI=1S/C27H29FN6O4S/c1-16-24(31-17(2)25(16)27(36)29-9-11-34-12-10-30-33-34)14-21-20-13-19(7-8-23(20)32-26(21)35)39(37,38)15-18-5-3-4-6-22(18)28/h3-6,8,10,12-14,19,30-31,33H,7,9,11,15H2,1-2H3,(H,29,36)(H,32,35)/b21-14-. The van der Waals surface area contributed by atoms with Gasteiger partial charge in [0.2, 0.25) is 0 Å². The molecule has 1 aromatic heterocycles. The van der Waals surface area contributed by atoms with Crippen LogP contribution in [0, 0.1) is 19.7 Å². The molecular formula is C27H29FN6O4S. The number of sulfone groups is 1. The maximum absolute atomic E-state index is 14.1. The van der Waals surface area contributed by atoms with Crippen molar-refractivity contribution in [3.63, 3.8) is 0 Å². The van der Waals surface area contributed by atoms with Gasteiger partial charge in [0.25, 0.3) is 11.8 Å². The van der Waals surface area contributed by atoms with Gasteiger partial charge in [0.1, 0.15) is 5.82 Å². The van der Waals surface area contributed by atoms with Gasteiger partial charge in [-0.05, 0) is 38.0 Å². The van der Waals surface area contributed by atoms with Gasteiger partial charge >= 0.3 is 0 Å². The number of hydrazine groups is 2. The van der Waals surface area contributed by atoms with Gasteiger partial charge in [-0.2, -0.15) is 0 Å². The van der Waals surface area contributed by atoms with Crippen LogP contribution in [-0.4, -0.2) is 48.6 Å². The highest BCUT2D eigenvalue weighted by Gasteiger charge is 2.35. The molecule has 1 fully saturated rings. The first-order valence-electron chi connectivity index (χ1n) is 12.5. The lowest BCUT2D eigenvalue weighted by molar-refractivity contribution is -0.115. The van der Waals surface area contributed by atoms with Gasteiger partial charge in [-0.3, -0.25) is 14.6 Å². The number of halogens is 1. The average molecular weight is 553 g/mol. The number of H-pyrrole nitrogens is 1. The first-order chi connectivity index (χ1) is 18.6. The van der Waals surface area contributed by atoms with Gasteiger partial charge in [-0.15, -0.1) is 5.53 Å². The Balaban J connectivity index is 1.37. The third-order valence-electron chi connectivity index (χ3n) is 6.93. The van der Waals surface area contributed by atoms with E-state index >= 15 is 0 Å². The van der Waals surface area contributed by atoms with E-state index in [1.165, 1.54) is 18.2 Å². The molecule has 5 N–H and O–H groups in total. The Hall–Kier alpha value is -4.16. The Kier molecular flexibility index (Phi) is 7.15. The number of benzene rings is 1. The van der Waals surface area contributed by atoms with E-state index in [-0.39, 0.29) is 23.8 Å². The van der Waals surface area contributed by atoms with Crippen molar-refractivity contribution in [1.29, 1.82) is 0 Å². The van der Waals surface area contributed by atoms with E-state index in [4.69, 9.17) is 0 Å². The molecule has 0 saturated carbocycles. The molecule has 1 atom stereocenters. The molecule has 2 amide bonds. The minimum absolute atomic E-state index is 0.107. The lowest BCUT2D eigenvalue weighted by Crippen LogP contribution is -2.40. The minimum atomic E-state index is -3.75. The third kappa shape index (κ3) is 5.38. The van der Waals surface area contributed by atoms with Crippen molar-refractivity contribution in [3.05, 3.63) is 99.6 Å². The summed E-state index contributed by atoms with van der Waals surface area (Å²) in [5.74, 6) is -1.61. The van der Waals surface area contributed by atoms with E-state index in [1.807, 2.05) is 6.20 Å². The molecule has 204 valence electrons. The molecule has 10 nitrogen and oxygen atoms in total. The van der Waals surface area contributed by atoms with Crippen molar-refractivity contribution in [1.82, 2.24) is 31.6 Å². The zero-order valence-electron chi connectivity index (χ0n) is 21.5. The number of nitrogens with zero attached hydrogens (tertiary/aromatic N) is 1. The van der Waals surface area contributed by atoms with Crippen LogP contribution in [0.3, 0.4) is 0 Å². The number of nitrogens with one attached hydrogen (secondary N) is 5. The summed E-state index contributed by atoms with van der Waals surface area (Å²) in [6, 6.07) is 5.80. The molecule has 3 aliphatic rings. The summed E-state index contributed by atoms with van der Waals surface area (Å²) in [6.45, 7) is 4.54. The van der Waals surface area contributed by atoms with E-state index < -0.39 is 26.7 Å². The largest absolute Gasteiger partial charge is 0.358 e. The summed E-state index contributed by atoms with van der Waals surface area (Å²) < 4.78 is 40.4. The second-order valence-corrected chi connectivity index (χ2v) is 11.8. The zero-order valence-corrected chi connectivity index (χ0v) is 22.3. The predicted octanol–water partition coefficient (Wildman–Crippen LogP) is 2.01. The van der Waals surface area contributed by atoms with Crippen molar-refractivity contribution < 1.29 is 22.4 Å². The highest BCUT2D eigenvalue weighted by Crippen LogP contribution is 2.34. The van der Waals surface area contributed by atoms with Crippen LogP contribution in [0.1, 0.15) is 39.3 Å². The number of allylic oxidation sites excluding steroid dienone is 2. The average Bonchev–Trinajstić information content (AvgIpc) is 3.59. The summed E-state index contributed by atoms with van der Waals surface area (Å²) >= 11 is 0. The number of amides is 2. The number of aromatic nitrogens is 1. The van der Waals surface area contributed by atoms with E-state index in [2.05, 4.69) is 26.6 Å². The topological polar surface area (TPSA) is 135 Å². The highest BCUT2D eigenvalue weighted by atomic mass is 32.2. The molecule has 2 aliphatic heterocycles. The third-order valence-corrected chi connectivity index (χ3v) is 8.90. The number of carbonyl (C=O) groups is 2. The second-order valence-electron chi connectivity index (χ2n) is 9.57. The molecule has 1 unspecified atom stereocenters. The van der Waals surface area contributed by atoms with Crippen LogP contribution in [0.15, 0.2) is 65.7 Å². The Morgan fingerprint density at radius 1 is 1.26 bits per heavy atom. The second kappa shape index (κ2) is 10.5. The molecule has 0 bridgehead atoms. The van der Waals surface area contributed by atoms with E-state index in [1.54, 1.807) is 49.4 Å². The van der Waals surface area contributed by atoms with Crippen LogP contribution in [0.5, 0.6) is 0 Å². The molecule has 1 aliphatic carbocycles. The van der Waals surface area contributed by atoms with Gasteiger partial charge in [0, 0.05) is 47.2 Å². The molecule has 39 heavy (non-hydrogen) atoms. The fourth-order valence-electron chi connectivity index (χ4n) is 4.88. The summed E-state index contributed by atoms with van der Waals surface area (Å²) in [5.41, 5.74) is 9.53. The first-order valence-corrected chi connectivity index (χ1v) is 14.2. The number of fused-ring (bicyclic) bond motifs is 1. The molecule has 3 heterocycles. The van der Waals surface area contributed by atoms with Gasteiger partial charge in [0.05, 0.1) is 28.7 Å². The van der Waals surface area contributed by atoms with Crippen LogP contribution in [-0.2, 0) is 20.4 Å². The lowest BCUT2D eigenvalue weighted by Gasteiger charge is -2.18. The van der Waals surface area contributed by atoms with Crippen LogP contribution in [0.2, 0.25) is 0 Å². The van der Waals surface area contributed by atoms with Gasteiger partial charge in [-0.1, -0.05) is 30.4 Å². The van der Waals surface area contributed by atoms with E-state index in [0.717, 1.165) is 0 Å². The fraction of sp³-hybridized carbons (Fsp3) is 0.259. The maximum Gasteiger partial charge on any atom is 0.256 e. The van der Waals surface area contributed by atoms with E-state index in [9.17, 15) is 22.4 Å². The Morgan fingerprint density at radius 2 is 2.05 bits per heavy atom. The van der Waals surface area contributed by atoms with E-state index in [0.29, 0.717) is 52.4 Å². The molecule has 2 aromatic rings. The monoisotopic (exact) mass is 552 g/mol. The molecule has 0 radical (unpaired) electrons. The SMILES string of the molecule is Cc1[nH]c(/C=C2\C(=O)NC3=CCC(S(=O)(=O)Cc4ccccc4F)C=C32)c(C)c1C(=O)NCCN1C=CNN1. The van der Waals surface area contributed by atoms with Crippen molar-refractivity contribution >= 4 is 27.7 Å². The number of aryl methyl sites for hydroxylation is 1. The number of hydrogen-bond donors (Lipinski definition) is 5. The van der Waals surface area contributed by atoms with Crippen molar-refractivity contribution in [2.24, 2.45) is 0 Å². The Morgan fingerprint density at radius 3 is 2.79 bits per heavy atom. The smallest absolute Gasteiger partial charge is 0.256 e. The normalized spacial score (nSPS) is 19.5. The van der Waals surface area contributed by atoms with Crippen molar-refractivity contribution in [2.75, 3.05) is 13.1 Å². The van der Waals surface area contributed by atoms with Crippen LogP contribution in [0.25, 0.3) is 6.08 Å². The minimum Gasteiger partial charge on any atom is -0.358 e. The van der Waals surface area contributed by atoms with Gasteiger partial charge < -0.3 is 21.0 Å². The van der Waals surface area contributed by atoms with Crippen LogP contribution >= 0.6 is 0 Å². The molecule has 12 heteroatoms. The summed E-state index contributed by atoms with van der Waals surface area (Å²) in [6.07, 6.45) is 8.61. The predicted molar refractivity (Wildman–Crippen MR) is 144 cm³/mol. The first kappa shape index (κ1) is 26.4. The molecule has 1 aromatic carbocycles. The molecule has 0 spiro atoms. The lowest BCUT2D eigenvalue weighted by atomic mass is 9.98. The summed E-state index contributed by atoms with van der Waals surface area (Å²) in [4.78, 5) is 29.0. The van der Waals surface area contributed by atoms with Gasteiger partial charge in [-0.25, -0.2) is 12.8 Å². The Labute approximate surface area is 225 Å². The fourth-order valence-corrected chi connectivity index (χ4v) is 6.50. The quantitative estimate of drug-likeness (QED) is 0.316. The Bertz CT molecular complexity index is 1570. The number of rotatable bonds is 8. The molecule has 5 rings (SSSR count). The molecule has 1 saturated heterocycles. The number of aromatic amines is 1. The van der Waals surface area contributed by atoms with Crippen LogP contribution in [0.4, 0.5) is 4.39 Å². The zero-order chi connectivity index (χ0) is 27.7. The highest BCUT2D eigenvalue weighted by molar-refractivity contribution is 7.91. The van der Waals surface area contributed by atoms with Gasteiger partial charge in [0.15, 0.2) is 9.84 Å². The number of hydrogen-bond acceptors (Lipinski definition) is 7. The van der Waals surface area contributed by atoms with Crippen LogP contribution < -0.4 is 21.6 Å². The summed E-state index contributed by atoms with van der Waals surface area (Å²) in [5, 5.41) is 6.57. The summed E-state index contributed by atoms with van der Waals surface area (Å²) in [7, 11) is -3.75. The van der Waals surface area contributed by atoms with Crippen molar-refractivity contribution in [3.8, 4) is 0 Å². The number of carbonyl (C=O) groups excluding carboxylic acids is 2. The van der Waals surface area contributed by atoms with Crippen molar-refractivity contribution in [2.45, 2.75) is 31.3 Å². The molecular weight excluding hydrogens is 523 g/mol. The maximum atomic E-state index is 14.1.